The molecule has 0 N–H and O–H groups in total. The number of rotatable bonds is 4. The Morgan fingerprint density at radius 1 is 1.12 bits per heavy atom. The fourth-order valence-electron chi connectivity index (χ4n) is 5.30. The van der Waals surface area contributed by atoms with E-state index in [1.165, 1.54) is 0 Å². The van der Waals surface area contributed by atoms with Gasteiger partial charge in [-0.1, -0.05) is 12.2 Å². The van der Waals surface area contributed by atoms with Gasteiger partial charge in [-0.3, -0.25) is 9.59 Å². The van der Waals surface area contributed by atoms with Crippen molar-refractivity contribution in [3.63, 3.8) is 0 Å². The molecule has 170 valence electrons. The second-order valence-electron chi connectivity index (χ2n) is 8.53. The molecule has 0 aromatic heterocycles. The number of ether oxygens (including phenoxy) is 3. The number of carbonyl (C=O) groups is 3. The van der Waals surface area contributed by atoms with Crippen LogP contribution in [0.3, 0.4) is 0 Å². The van der Waals surface area contributed by atoms with E-state index in [2.05, 4.69) is 0 Å². The minimum Gasteiger partial charge on any atom is -0.497 e. The second kappa shape index (κ2) is 7.81. The van der Waals surface area contributed by atoms with Gasteiger partial charge >= 0.3 is 6.09 Å². The maximum absolute atomic E-state index is 13.5. The molecule has 0 radical (unpaired) electrons. The first-order chi connectivity index (χ1) is 15.5. The Kier molecular flexibility index (Phi) is 5.08. The van der Waals surface area contributed by atoms with Crippen LogP contribution in [-0.4, -0.2) is 85.9 Å². The van der Waals surface area contributed by atoms with E-state index in [0.29, 0.717) is 45.1 Å². The Bertz CT molecular complexity index is 955. The fourth-order valence-corrected chi connectivity index (χ4v) is 5.30. The van der Waals surface area contributed by atoms with E-state index in [9.17, 15) is 14.4 Å². The second-order valence-corrected chi connectivity index (χ2v) is 8.53. The van der Waals surface area contributed by atoms with Crippen LogP contribution >= 0.6 is 0 Å². The lowest BCUT2D eigenvalue weighted by Gasteiger charge is -2.36. The van der Waals surface area contributed by atoms with Crippen molar-refractivity contribution >= 4 is 23.6 Å². The number of hydrogen-bond donors (Lipinski definition) is 0. The molecule has 3 amide bonds. The van der Waals surface area contributed by atoms with Crippen molar-refractivity contribution in [3.05, 3.63) is 36.4 Å². The number of fused-ring (bicyclic) bond motifs is 1. The van der Waals surface area contributed by atoms with Gasteiger partial charge in [0.1, 0.15) is 11.4 Å². The summed E-state index contributed by atoms with van der Waals surface area (Å²) < 4.78 is 16.5. The third-order valence-corrected chi connectivity index (χ3v) is 6.89. The number of nitrogens with zero attached hydrogens (tertiary/aromatic N) is 3. The normalized spacial score (nSPS) is 30.6. The molecule has 4 aliphatic heterocycles. The topological polar surface area (TPSA) is 88.6 Å². The molecule has 1 spiro atoms. The largest absolute Gasteiger partial charge is 0.497 e. The van der Waals surface area contributed by atoms with Crippen molar-refractivity contribution in [2.45, 2.75) is 18.6 Å². The van der Waals surface area contributed by atoms with Crippen LogP contribution in [0.1, 0.15) is 6.92 Å². The number of benzene rings is 1. The summed E-state index contributed by atoms with van der Waals surface area (Å²) in [5.74, 6) is -0.559. The number of methoxy groups -OCH3 is 1. The van der Waals surface area contributed by atoms with E-state index >= 15 is 0 Å². The standard InChI is InChI=1S/C23H27N3O6/c1-3-31-22(29)25-12-10-24(11-13-25)20(27)18-17-8-9-23(32-17)14-26(21(28)19(18)23)15-4-6-16(30-2)7-5-15/h4-9,17-19H,3,10-14H2,1-2H3/t17-,18-,19+,23-/m1/s1. The summed E-state index contributed by atoms with van der Waals surface area (Å²) in [6.07, 6.45) is 3.12. The first kappa shape index (κ1) is 20.8. The molecular formula is C23H27N3O6. The highest BCUT2D eigenvalue weighted by atomic mass is 16.6. The van der Waals surface area contributed by atoms with Gasteiger partial charge in [0, 0.05) is 31.9 Å². The minimum absolute atomic E-state index is 0.0836. The molecule has 5 rings (SSSR count). The summed E-state index contributed by atoms with van der Waals surface area (Å²) in [6.45, 7) is 4.14. The summed E-state index contributed by atoms with van der Waals surface area (Å²) in [5.41, 5.74) is -0.0105. The van der Waals surface area contributed by atoms with Gasteiger partial charge < -0.3 is 28.9 Å². The maximum Gasteiger partial charge on any atom is 0.409 e. The lowest BCUT2D eigenvalue weighted by atomic mass is 9.76. The van der Waals surface area contributed by atoms with Gasteiger partial charge in [0.15, 0.2) is 0 Å². The van der Waals surface area contributed by atoms with Crippen molar-refractivity contribution < 1.29 is 28.6 Å². The van der Waals surface area contributed by atoms with Crippen molar-refractivity contribution in [1.82, 2.24) is 9.80 Å². The summed E-state index contributed by atoms with van der Waals surface area (Å²) >= 11 is 0. The molecule has 9 nitrogen and oxygen atoms in total. The summed E-state index contributed by atoms with van der Waals surface area (Å²) in [6, 6.07) is 7.31. The Morgan fingerprint density at radius 2 is 1.81 bits per heavy atom. The molecule has 4 atom stereocenters. The monoisotopic (exact) mass is 441 g/mol. The number of carbonyl (C=O) groups excluding carboxylic acids is 3. The molecule has 0 aliphatic carbocycles. The average molecular weight is 441 g/mol. The molecule has 4 heterocycles. The third-order valence-electron chi connectivity index (χ3n) is 6.89. The Balaban J connectivity index is 1.32. The maximum atomic E-state index is 13.5. The molecule has 4 aliphatic rings. The molecule has 2 bridgehead atoms. The zero-order valence-corrected chi connectivity index (χ0v) is 18.2. The highest BCUT2D eigenvalue weighted by Crippen LogP contribution is 2.53. The van der Waals surface area contributed by atoms with Crippen LogP contribution in [0.5, 0.6) is 5.75 Å². The van der Waals surface area contributed by atoms with E-state index in [-0.39, 0.29) is 17.9 Å². The van der Waals surface area contributed by atoms with Crippen molar-refractivity contribution in [3.8, 4) is 5.75 Å². The molecule has 0 saturated carbocycles. The van der Waals surface area contributed by atoms with E-state index in [4.69, 9.17) is 14.2 Å². The van der Waals surface area contributed by atoms with Gasteiger partial charge in [0.2, 0.25) is 11.8 Å². The number of anilines is 1. The number of hydrogen-bond acceptors (Lipinski definition) is 6. The van der Waals surface area contributed by atoms with Crippen LogP contribution in [0.4, 0.5) is 10.5 Å². The van der Waals surface area contributed by atoms with Gasteiger partial charge in [-0.15, -0.1) is 0 Å². The van der Waals surface area contributed by atoms with Gasteiger partial charge in [-0.2, -0.15) is 0 Å². The predicted octanol–water partition coefficient (Wildman–Crippen LogP) is 1.28. The molecule has 3 fully saturated rings. The van der Waals surface area contributed by atoms with E-state index in [1.54, 1.807) is 28.7 Å². The number of piperazine rings is 1. The molecule has 32 heavy (non-hydrogen) atoms. The number of amides is 3. The van der Waals surface area contributed by atoms with Gasteiger partial charge in [0.05, 0.1) is 38.2 Å². The lowest BCUT2D eigenvalue weighted by Crippen LogP contribution is -2.54. The highest BCUT2D eigenvalue weighted by molar-refractivity contribution is 6.03. The Hall–Kier alpha value is -3.07. The zero-order valence-electron chi connectivity index (χ0n) is 18.2. The zero-order chi connectivity index (χ0) is 22.5. The van der Waals surface area contributed by atoms with E-state index < -0.39 is 23.5 Å². The highest BCUT2D eigenvalue weighted by Gasteiger charge is 2.67. The van der Waals surface area contributed by atoms with Crippen LogP contribution in [0.25, 0.3) is 0 Å². The van der Waals surface area contributed by atoms with Crippen LogP contribution in [0, 0.1) is 11.8 Å². The van der Waals surface area contributed by atoms with Crippen LogP contribution in [-0.2, 0) is 19.1 Å². The van der Waals surface area contributed by atoms with Crippen molar-refractivity contribution in [1.29, 1.82) is 0 Å². The smallest absolute Gasteiger partial charge is 0.409 e. The van der Waals surface area contributed by atoms with Crippen LogP contribution < -0.4 is 9.64 Å². The molecule has 9 heteroatoms. The first-order valence-corrected chi connectivity index (χ1v) is 11.0. The average Bonchev–Trinajstić information content (AvgIpc) is 3.47. The molecule has 0 unspecified atom stereocenters. The summed E-state index contributed by atoms with van der Waals surface area (Å²) in [7, 11) is 1.60. The van der Waals surface area contributed by atoms with Crippen LogP contribution in [0.15, 0.2) is 36.4 Å². The van der Waals surface area contributed by atoms with Crippen LogP contribution in [0.2, 0.25) is 0 Å². The first-order valence-electron chi connectivity index (χ1n) is 11.0. The third kappa shape index (κ3) is 3.14. The molecule has 3 saturated heterocycles. The van der Waals surface area contributed by atoms with Gasteiger partial charge in [-0.05, 0) is 31.2 Å². The fraction of sp³-hybridized carbons (Fsp3) is 0.522. The molecule has 1 aromatic carbocycles. The van der Waals surface area contributed by atoms with E-state index in [0.717, 1.165) is 5.69 Å². The molecule has 1 aromatic rings. The lowest BCUT2D eigenvalue weighted by molar-refractivity contribution is -0.141. The Morgan fingerprint density at radius 3 is 2.47 bits per heavy atom. The van der Waals surface area contributed by atoms with Crippen molar-refractivity contribution in [2.24, 2.45) is 11.8 Å². The molecular weight excluding hydrogens is 414 g/mol. The summed E-state index contributed by atoms with van der Waals surface area (Å²) in [5, 5.41) is 0. The van der Waals surface area contributed by atoms with E-state index in [1.807, 2.05) is 36.4 Å². The SMILES string of the molecule is CCOC(=O)N1CCN(C(=O)[C@H]2[C@H]3C(=O)N(c4ccc(OC)cc4)C[C@]34C=C[C@H]2O4)CC1. The Labute approximate surface area is 186 Å². The van der Waals surface area contributed by atoms with Gasteiger partial charge in [0.25, 0.3) is 0 Å². The summed E-state index contributed by atoms with van der Waals surface area (Å²) in [4.78, 5) is 44.0. The van der Waals surface area contributed by atoms with Crippen molar-refractivity contribution in [2.75, 3.05) is 51.3 Å². The quantitative estimate of drug-likeness (QED) is 0.654. The van der Waals surface area contributed by atoms with Gasteiger partial charge in [-0.25, -0.2) is 4.79 Å². The predicted molar refractivity (Wildman–Crippen MR) is 114 cm³/mol. The minimum atomic E-state index is -0.769.